The van der Waals surface area contributed by atoms with Gasteiger partial charge in [-0.25, -0.2) is 4.79 Å². The topological polar surface area (TPSA) is 39.2 Å². The molecule has 0 amide bonds. The molecule has 0 spiro atoms. The van der Waals surface area contributed by atoms with Crippen LogP contribution in [-0.2, 0) is 4.74 Å². The minimum Gasteiger partial charge on any atom is -0.465 e. The molecule has 0 aliphatic carbocycles. The summed E-state index contributed by atoms with van der Waals surface area (Å²) in [6.45, 7) is 13.5. The van der Waals surface area contributed by atoms with Crippen molar-refractivity contribution >= 4 is 18.1 Å². The van der Waals surface area contributed by atoms with E-state index in [2.05, 4.69) is 16.3 Å². The third-order valence-corrected chi connectivity index (χ3v) is 2.02. The van der Waals surface area contributed by atoms with E-state index in [9.17, 15) is 4.79 Å². The van der Waals surface area contributed by atoms with Crippen molar-refractivity contribution in [2.45, 2.75) is 34.6 Å². The van der Waals surface area contributed by atoms with Crippen molar-refractivity contribution < 1.29 is 9.53 Å². The van der Waals surface area contributed by atoms with Gasteiger partial charge in [-0.05, 0) is 17.4 Å². The SMILES string of the molecule is C=C/C=c1/c(C(=O)OC)cnc/c1=C/C.CC.CC. The fraction of sp³-hybridized carbons (Fsp3) is 0.375. The molecule has 0 aromatic carbocycles. The lowest BCUT2D eigenvalue weighted by Crippen LogP contribution is -2.31. The molecule has 106 valence electrons. The van der Waals surface area contributed by atoms with E-state index >= 15 is 0 Å². The highest BCUT2D eigenvalue weighted by atomic mass is 16.5. The first-order valence-electron chi connectivity index (χ1n) is 6.56. The lowest BCUT2D eigenvalue weighted by atomic mass is 10.1. The van der Waals surface area contributed by atoms with Crippen molar-refractivity contribution in [1.82, 2.24) is 4.98 Å². The van der Waals surface area contributed by atoms with Crippen LogP contribution >= 0.6 is 0 Å². The predicted molar refractivity (Wildman–Crippen MR) is 82.3 cm³/mol. The summed E-state index contributed by atoms with van der Waals surface area (Å²) in [7, 11) is 1.35. The summed E-state index contributed by atoms with van der Waals surface area (Å²) < 4.78 is 4.68. The molecular formula is C16H25NO2. The molecule has 0 N–H and O–H groups in total. The summed E-state index contributed by atoms with van der Waals surface area (Å²) in [6.07, 6.45) is 8.47. The summed E-state index contributed by atoms with van der Waals surface area (Å²) in [4.78, 5) is 15.4. The number of nitrogens with zero attached hydrogens (tertiary/aromatic N) is 1. The van der Waals surface area contributed by atoms with Crippen LogP contribution in [0.3, 0.4) is 0 Å². The lowest BCUT2D eigenvalue weighted by molar-refractivity contribution is 0.0599. The zero-order valence-electron chi connectivity index (χ0n) is 12.9. The highest BCUT2D eigenvalue weighted by Crippen LogP contribution is 1.89. The van der Waals surface area contributed by atoms with Crippen LogP contribution in [0.5, 0.6) is 0 Å². The van der Waals surface area contributed by atoms with Crippen LogP contribution in [-0.4, -0.2) is 18.1 Å². The molecule has 0 radical (unpaired) electrons. The second-order valence-electron chi connectivity index (χ2n) is 2.87. The van der Waals surface area contributed by atoms with E-state index in [1.807, 2.05) is 40.7 Å². The Morgan fingerprint density at radius 1 is 1.26 bits per heavy atom. The van der Waals surface area contributed by atoms with Crippen molar-refractivity contribution in [2.24, 2.45) is 0 Å². The van der Waals surface area contributed by atoms with Gasteiger partial charge in [0, 0.05) is 12.4 Å². The Labute approximate surface area is 116 Å². The molecule has 1 aromatic rings. The molecule has 1 rings (SSSR count). The number of rotatable bonds is 2. The number of carbonyl (C=O) groups excluding carboxylic acids is 1. The number of aromatic nitrogens is 1. The van der Waals surface area contributed by atoms with Crippen LogP contribution in [0.2, 0.25) is 0 Å². The van der Waals surface area contributed by atoms with Crippen LogP contribution in [0.4, 0.5) is 0 Å². The van der Waals surface area contributed by atoms with Gasteiger partial charge in [-0.15, -0.1) is 0 Å². The summed E-state index contributed by atoms with van der Waals surface area (Å²) in [5.74, 6) is -0.390. The van der Waals surface area contributed by atoms with Crippen LogP contribution in [0.25, 0.3) is 12.2 Å². The molecule has 3 heteroatoms. The Morgan fingerprint density at radius 3 is 2.26 bits per heavy atom. The number of esters is 1. The standard InChI is InChI=1S/C12H13NO2.2C2H6/c1-4-6-10-9(5-2)7-13-8-11(10)12(14)15-3;2*1-2/h4-8H,1H2,2-3H3;2*1-2H3/b9-5-,10-6+;;. The molecule has 0 unspecified atom stereocenters. The van der Waals surface area contributed by atoms with Crippen LogP contribution in [0.1, 0.15) is 45.0 Å². The number of carbonyl (C=O) groups is 1. The largest absolute Gasteiger partial charge is 0.465 e. The highest BCUT2D eigenvalue weighted by Gasteiger charge is 2.07. The van der Waals surface area contributed by atoms with Gasteiger partial charge in [-0.3, -0.25) is 4.98 Å². The fourth-order valence-corrected chi connectivity index (χ4v) is 1.29. The van der Waals surface area contributed by atoms with Crippen LogP contribution in [0, 0.1) is 0 Å². The van der Waals surface area contributed by atoms with Gasteiger partial charge in [-0.1, -0.05) is 52.5 Å². The minimum absolute atomic E-state index is 0.390. The van der Waals surface area contributed by atoms with Gasteiger partial charge in [0.2, 0.25) is 0 Å². The second kappa shape index (κ2) is 12.6. The van der Waals surface area contributed by atoms with E-state index in [-0.39, 0.29) is 5.97 Å². The highest BCUT2D eigenvalue weighted by molar-refractivity contribution is 5.89. The van der Waals surface area contributed by atoms with E-state index in [0.717, 1.165) is 10.4 Å². The van der Waals surface area contributed by atoms with Crippen LogP contribution in [0.15, 0.2) is 25.0 Å². The average Bonchev–Trinajstić information content (AvgIpc) is 2.51. The zero-order chi connectivity index (χ0) is 15.3. The Bertz CT molecular complexity index is 490. The molecule has 0 bridgehead atoms. The summed E-state index contributed by atoms with van der Waals surface area (Å²) in [5.41, 5.74) is 0.452. The molecular weight excluding hydrogens is 238 g/mol. The lowest BCUT2D eigenvalue weighted by Gasteiger charge is -1.99. The van der Waals surface area contributed by atoms with Gasteiger partial charge >= 0.3 is 5.97 Å². The van der Waals surface area contributed by atoms with E-state index < -0.39 is 0 Å². The van der Waals surface area contributed by atoms with Crippen molar-refractivity contribution in [3.8, 4) is 0 Å². The summed E-state index contributed by atoms with van der Waals surface area (Å²) >= 11 is 0. The van der Waals surface area contributed by atoms with E-state index in [1.54, 1.807) is 18.3 Å². The average molecular weight is 263 g/mol. The molecule has 3 nitrogen and oxygen atoms in total. The molecule has 0 saturated carbocycles. The number of pyridine rings is 1. The molecule has 0 saturated heterocycles. The van der Waals surface area contributed by atoms with Crippen molar-refractivity contribution in [2.75, 3.05) is 7.11 Å². The monoisotopic (exact) mass is 263 g/mol. The normalized spacial score (nSPS) is 10.6. The van der Waals surface area contributed by atoms with Gasteiger partial charge in [-0.2, -0.15) is 0 Å². The third-order valence-electron chi connectivity index (χ3n) is 2.02. The minimum atomic E-state index is -0.390. The maximum Gasteiger partial charge on any atom is 0.340 e. The quantitative estimate of drug-likeness (QED) is 0.770. The molecule has 0 atom stereocenters. The van der Waals surface area contributed by atoms with Crippen molar-refractivity contribution in [3.05, 3.63) is 41.0 Å². The maximum atomic E-state index is 11.4. The van der Waals surface area contributed by atoms with Gasteiger partial charge in [0.05, 0.1) is 12.7 Å². The first-order valence-corrected chi connectivity index (χ1v) is 6.56. The number of hydrogen-bond acceptors (Lipinski definition) is 3. The number of hydrogen-bond donors (Lipinski definition) is 0. The smallest absolute Gasteiger partial charge is 0.340 e. The second-order valence-corrected chi connectivity index (χ2v) is 2.87. The molecule has 0 aliphatic rings. The van der Waals surface area contributed by atoms with E-state index in [4.69, 9.17) is 0 Å². The van der Waals surface area contributed by atoms with Crippen LogP contribution < -0.4 is 10.4 Å². The van der Waals surface area contributed by atoms with Gasteiger partial charge < -0.3 is 4.74 Å². The van der Waals surface area contributed by atoms with Gasteiger partial charge in [0.15, 0.2) is 0 Å². The molecule has 1 heterocycles. The Kier molecular flexibility index (Phi) is 12.8. The zero-order valence-corrected chi connectivity index (χ0v) is 12.9. The molecule has 1 aromatic heterocycles. The summed E-state index contributed by atoms with van der Waals surface area (Å²) in [5, 5.41) is 1.67. The van der Waals surface area contributed by atoms with E-state index in [1.165, 1.54) is 13.3 Å². The first kappa shape index (κ1) is 19.4. The molecule has 0 fully saturated rings. The van der Waals surface area contributed by atoms with Crippen molar-refractivity contribution in [3.63, 3.8) is 0 Å². The third kappa shape index (κ3) is 6.00. The van der Waals surface area contributed by atoms with E-state index in [0.29, 0.717) is 5.56 Å². The Morgan fingerprint density at radius 2 is 1.84 bits per heavy atom. The Balaban J connectivity index is 0. The van der Waals surface area contributed by atoms with Gasteiger partial charge in [0.1, 0.15) is 0 Å². The predicted octanol–water partition coefficient (Wildman–Crippen LogP) is 2.69. The first-order chi connectivity index (χ1) is 9.24. The summed E-state index contributed by atoms with van der Waals surface area (Å²) in [6, 6.07) is 0. The number of ether oxygens (including phenoxy) is 1. The maximum absolute atomic E-state index is 11.4. The van der Waals surface area contributed by atoms with Crippen molar-refractivity contribution in [1.29, 1.82) is 0 Å². The van der Waals surface area contributed by atoms with Gasteiger partial charge in [0.25, 0.3) is 0 Å². The molecule has 19 heavy (non-hydrogen) atoms. The molecule has 0 aliphatic heterocycles. The Hall–Kier alpha value is -1.90. The number of allylic oxidation sites excluding steroid dienone is 1. The number of methoxy groups -OCH3 is 1. The fourth-order valence-electron chi connectivity index (χ4n) is 1.29.